The van der Waals surface area contributed by atoms with Gasteiger partial charge in [-0.15, -0.1) is 0 Å². The number of para-hydroxylation sites is 2. The van der Waals surface area contributed by atoms with Crippen LogP contribution >= 0.6 is 0 Å². The lowest BCUT2D eigenvalue weighted by Gasteiger charge is -2.16. The molecule has 0 fully saturated rings. The summed E-state index contributed by atoms with van der Waals surface area (Å²) in [6.07, 6.45) is 5.35. The van der Waals surface area contributed by atoms with Gasteiger partial charge in [-0.2, -0.15) is 0 Å². The summed E-state index contributed by atoms with van der Waals surface area (Å²) in [6.45, 7) is 0. The molecule has 0 saturated heterocycles. The highest BCUT2D eigenvalue weighted by molar-refractivity contribution is 5.59. The summed E-state index contributed by atoms with van der Waals surface area (Å²) in [6, 6.07) is 15.2. The molecule has 0 amide bonds. The molecule has 4 heteroatoms. The minimum Gasteiger partial charge on any atom is -0.461 e. The van der Waals surface area contributed by atoms with E-state index in [1.807, 2.05) is 60.7 Å². The maximum absolute atomic E-state index is 9.05. The number of aliphatic hydroxyl groups excluding tert-OH is 2. The van der Waals surface area contributed by atoms with Crippen LogP contribution in [0, 0.1) is 0 Å². The van der Waals surface area contributed by atoms with Gasteiger partial charge in [-0.25, -0.2) is 0 Å². The van der Waals surface area contributed by atoms with Crippen molar-refractivity contribution < 1.29 is 19.7 Å². The number of benzene rings is 2. The average Bonchev–Trinajstić information content (AvgIpc) is 2.55. The molecule has 112 valence electrons. The van der Waals surface area contributed by atoms with Crippen molar-refractivity contribution in [3.63, 3.8) is 0 Å². The Morgan fingerprint density at radius 3 is 1.50 bits per heavy atom. The van der Waals surface area contributed by atoms with E-state index in [-0.39, 0.29) is 0 Å². The van der Waals surface area contributed by atoms with Crippen molar-refractivity contribution >= 4 is 12.2 Å². The molecule has 0 bridgehead atoms. The van der Waals surface area contributed by atoms with Gasteiger partial charge in [0, 0.05) is 11.1 Å². The molecule has 2 aromatic rings. The Labute approximate surface area is 128 Å². The Balaban J connectivity index is 0.000000131. The van der Waals surface area contributed by atoms with E-state index in [2.05, 4.69) is 0 Å². The van der Waals surface area contributed by atoms with Crippen LogP contribution in [0.5, 0.6) is 11.5 Å². The minimum atomic E-state index is -0.787. The number of fused-ring (bicyclic) bond motifs is 2. The summed E-state index contributed by atoms with van der Waals surface area (Å²) in [5, 5.41) is 18.1. The first-order valence-corrected chi connectivity index (χ1v) is 6.96. The second-order valence-electron chi connectivity index (χ2n) is 4.81. The first-order valence-electron chi connectivity index (χ1n) is 6.96. The highest BCUT2D eigenvalue weighted by atomic mass is 16.6. The van der Waals surface area contributed by atoms with Crippen LogP contribution in [0.3, 0.4) is 0 Å². The van der Waals surface area contributed by atoms with Gasteiger partial charge in [0.1, 0.15) is 11.5 Å². The first kappa shape index (κ1) is 14.4. The van der Waals surface area contributed by atoms with Gasteiger partial charge >= 0.3 is 0 Å². The molecule has 2 atom stereocenters. The summed E-state index contributed by atoms with van der Waals surface area (Å²) in [7, 11) is 0. The fraction of sp³-hybridized carbons (Fsp3) is 0.111. The molecule has 4 nitrogen and oxygen atoms in total. The van der Waals surface area contributed by atoms with E-state index in [0.717, 1.165) is 22.6 Å². The van der Waals surface area contributed by atoms with E-state index in [9.17, 15) is 0 Å². The fourth-order valence-corrected chi connectivity index (χ4v) is 2.16. The third-order valence-corrected chi connectivity index (χ3v) is 3.21. The summed E-state index contributed by atoms with van der Waals surface area (Å²) < 4.78 is 10.2. The summed E-state index contributed by atoms with van der Waals surface area (Å²) >= 11 is 0. The molecule has 22 heavy (non-hydrogen) atoms. The predicted molar refractivity (Wildman–Crippen MR) is 84.2 cm³/mol. The second kappa shape index (κ2) is 6.47. The normalized spacial score (nSPS) is 20.6. The number of hydrogen-bond acceptors (Lipinski definition) is 4. The first-order chi connectivity index (χ1) is 10.7. The lowest BCUT2D eigenvalue weighted by molar-refractivity contribution is 0.0226. The molecule has 2 heterocycles. The second-order valence-corrected chi connectivity index (χ2v) is 4.81. The standard InChI is InChI=1S/2C9H8O2/c2*10-9-6-5-7-3-1-2-4-8(7)11-9/h2*1-6,9-10H. The average molecular weight is 296 g/mol. The van der Waals surface area contributed by atoms with Crippen LogP contribution in [0.15, 0.2) is 60.7 Å². The van der Waals surface area contributed by atoms with Crippen molar-refractivity contribution in [3.05, 3.63) is 71.8 Å². The third-order valence-electron chi connectivity index (χ3n) is 3.21. The van der Waals surface area contributed by atoms with Gasteiger partial charge in [0.05, 0.1) is 0 Å². The maximum Gasteiger partial charge on any atom is 0.217 e. The number of rotatable bonds is 0. The van der Waals surface area contributed by atoms with Crippen LogP contribution in [0.25, 0.3) is 12.2 Å². The monoisotopic (exact) mass is 296 g/mol. The van der Waals surface area contributed by atoms with Gasteiger partial charge in [0.2, 0.25) is 12.6 Å². The van der Waals surface area contributed by atoms with Crippen LogP contribution < -0.4 is 9.47 Å². The van der Waals surface area contributed by atoms with Crippen LogP contribution in [-0.2, 0) is 0 Å². The molecule has 2 unspecified atom stereocenters. The highest BCUT2D eigenvalue weighted by Crippen LogP contribution is 2.24. The predicted octanol–water partition coefficient (Wildman–Crippen LogP) is 2.82. The summed E-state index contributed by atoms with van der Waals surface area (Å²) in [5.41, 5.74) is 2.02. The van der Waals surface area contributed by atoms with Gasteiger partial charge in [0.15, 0.2) is 0 Å². The third kappa shape index (κ3) is 3.36. The Morgan fingerprint density at radius 1 is 0.636 bits per heavy atom. The zero-order valence-corrected chi connectivity index (χ0v) is 11.8. The number of aliphatic hydroxyl groups is 2. The van der Waals surface area contributed by atoms with Crippen molar-refractivity contribution in [1.82, 2.24) is 0 Å². The van der Waals surface area contributed by atoms with E-state index in [0.29, 0.717) is 0 Å². The molecule has 2 aliphatic rings. The SMILES string of the molecule is OC1C=Cc2ccccc2O1.OC1C=Cc2ccccc2O1. The highest BCUT2D eigenvalue weighted by Gasteiger charge is 2.10. The number of ether oxygens (including phenoxy) is 2. The van der Waals surface area contributed by atoms with Gasteiger partial charge in [-0.3, -0.25) is 0 Å². The minimum absolute atomic E-state index is 0.738. The van der Waals surface area contributed by atoms with Crippen LogP contribution in [-0.4, -0.2) is 22.8 Å². The zero-order valence-electron chi connectivity index (χ0n) is 11.8. The summed E-state index contributed by atoms with van der Waals surface area (Å²) in [5.74, 6) is 1.48. The molecule has 0 saturated carbocycles. The smallest absolute Gasteiger partial charge is 0.217 e. The number of hydrogen-bond donors (Lipinski definition) is 2. The van der Waals surface area contributed by atoms with E-state index in [1.54, 1.807) is 12.2 Å². The molecule has 0 radical (unpaired) electrons. The molecule has 2 aliphatic heterocycles. The Morgan fingerprint density at radius 2 is 1.05 bits per heavy atom. The molecule has 0 aromatic heterocycles. The topological polar surface area (TPSA) is 58.9 Å². The van der Waals surface area contributed by atoms with Gasteiger partial charge in [-0.05, 0) is 36.4 Å². The fourth-order valence-electron chi connectivity index (χ4n) is 2.16. The molecule has 2 aromatic carbocycles. The van der Waals surface area contributed by atoms with Crippen LogP contribution in [0.4, 0.5) is 0 Å². The Hall–Kier alpha value is -2.56. The molecule has 4 rings (SSSR count). The zero-order chi connectivity index (χ0) is 15.4. The van der Waals surface area contributed by atoms with Crippen LogP contribution in [0.2, 0.25) is 0 Å². The van der Waals surface area contributed by atoms with Crippen molar-refractivity contribution in [1.29, 1.82) is 0 Å². The van der Waals surface area contributed by atoms with Gasteiger partial charge < -0.3 is 19.7 Å². The van der Waals surface area contributed by atoms with Gasteiger partial charge in [-0.1, -0.05) is 36.4 Å². The lowest BCUT2D eigenvalue weighted by Crippen LogP contribution is -2.15. The van der Waals surface area contributed by atoms with Crippen LogP contribution in [0.1, 0.15) is 11.1 Å². The van der Waals surface area contributed by atoms with Crippen molar-refractivity contribution in [3.8, 4) is 11.5 Å². The maximum atomic E-state index is 9.05. The van der Waals surface area contributed by atoms with Crippen molar-refractivity contribution in [2.75, 3.05) is 0 Å². The summed E-state index contributed by atoms with van der Waals surface area (Å²) in [4.78, 5) is 0. The van der Waals surface area contributed by atoms with Crippen molar-refractivity contribution in [2.24, 2.45) is 0 Å². The molecule has 0 aliphatic carbocycles. The van der Waals surface area contributed by atoms with E-state index >= 15 is 0 Å². The Bertz CT molecular complexity index is 644. The largest absolute Gasteiger partial charge is 0.461 e. The quantitative estimate of drug-likeness (QED) is 0.785. The van der Waals surface area contributed by atoms with Crippen molar-refractivity contribution in [2.45, 2.75) is 12.6 Å². The van der Waals surface area contributed by atoms with E-state index in [4.69, 9.17) is 19.7 Å². The van der Waals surface area contributed by atoms with E-state index < -0.39 is 12.6 Å². The molecule has 0 spiro atoms. The van der Waals surface area contributed by atoms with E-state index in [1.165, 1.54) is 0 Å². The lowest BCUT2D eigenvalue weighted by atomic mass is 10.1. The Kier molecular flexibility index (Phi) is 4.23. The van der Waals surface area contributed by atoms with Gasteiger partial charge in [0.25, 0.3) is 0 Å². The molecular formula is C18H16O4. The molecular weight excluding hydrogens is 280 g/mol. The molecule has 2 N–H and O–H groups in total.